The van der Waals surface area contributed by atoms with E-state index in [9.17, 15) is 4.79 Å². The second kappa shape index (κ2) is 5.17. The summed E-state index contributed by atoms with van der Waals surface area (Å²) in [6.07, 6.45) is 3.92. The number of benzene rings is 1. The van der Waals surface area contributed by atoms with Crippen LogP contribution in [-0.4, -0.2) is 5.78 Å². The molecule has 0 radical (unpaired) electrons. The summed E-state index contributed by atoms with van der Waals surface area (Å²) in [5.74, 6) is 0.338. The monoisotopic (exact) mass is 218 g/mol. The highest BCUT2D eigenvalue weighted by atomic mass is 32.2. The van der Waals surface area contributed by atoms with Gasteiger partial charge in [0.2, 0.25) is 0 Å². The molecule has 0 N–H and O–H groups in total. The number of Topliss-reactive ketones (excluding diaryl/α,β-unsaturated/α-hetero) is 1. The van der Waals surface area contributed by atoms with Crippen molar-refractivity contribution >= 4 is 17.5 Å². The van der Waals surface area contributed by atoms with Crippen molar-refractivity contribution in [3.05, 3.63) is 41.3 Å². The van der Waals surface area contributed by atoms with E-state index in [2.05, 4.69) is 12.1 Å². The molecule has 2 heteroatoms. The summed E-state index contributed by atoms with van der Waals surface area (Å²) < 4.78 is 0. The predicted octanol–water partition coefficient (Wildman–Crippen LogP) is 3.81. The SMILES string of the molecule is O=C1CCCC/C1=C/Sc1ccccc1. The molecular weight excluding hydrogens is 204 g/mol. The lowest BCUT2D eigenvalue weighted by atomic mass is 9.95. The molecule has 0 aliphatic heterocycles. The highest BCUT2D eigenvalue weighted by Crippen LogP contribution is 2.26. The van der Waals surface area contributed by atoms with Gasteiger partial charge in [-0.1, -0.05) is 30.0 Å². The number of hydrogen-bond acceptors (Lipinski definition) is 2. The van der Waals surface area contributed by atoms with E-state index in [1.807, 2.05) is 23.6 Å². The molecular formula is C13H14OS. The summed E-state index contributed by atoms with van der Waals surface area (Å²) in [6, 6.07) is 10.2. The van der Waals surface area contributed by atoms with Crippen LogP contribution < -0.4 is 0 Å². The van der Waals surface area contributed by atoms with Crippen molar-refractivity contribution in [1.29, 1.82) is 0 Å². The number of carbonyl (C=O) groups is 1. The normalized spacial score (nSPS) is 19.5. The van der Waals surface area contributed by atoms with Gasteiger partial charge in [-0.3, -0.25) is 4.79 Å². The van der Waals surface area contributed by atoms with Gasteiger partial charge in [0, 0.05) is 16.9 Å². The molecule has 15 heavy (non-hydrogen) atoms. The van der Waals surface area contributed by atoms with Crippen molar-refractivity contribution < 1.29 is 4.79 Å². The molecule has 0 bridgehead atoms. The maximum absolute atomic E-state index is 11.5. The highest BCUT2D eigenvalue weighted by molar-refractivity contribution is 8.02. The first kappa shape index (κ1) is 10.5. The smallest absolute Gasteiger partial charge is 0.159 e. The third-order valence-corrected chi connectivity index (χ3v) is 3.49. The van der Waals surface area contributed by atoms with E-state index in [0.717, 1.165) is 31.3 Å². The Morgan fingerprint density at radius 1 is 1.07 bits per heavy atom. The van der Waals surface area contributed by atoms with Crippen molar-refractivity contribution in [3.63, 3.8) is 0 Å². The van der Waals surface area contributed by atoms with Gasteiger partial charge in [0.05, 0.1) is 0 Å². The summed E-state index contributed by atoms with van der Waals surface area (Å²) >= 11 is 1.65. The third kappa shape index (κ3) is 2.96. The minimum Gasteiger partial charge on any atom is -0.295 e. The Hall–Kier alpha value is -1.02. The number of thioether (sulfide) groups is 1. The largest absolute Gasteiger partial charge is 0.295 e. The van der Waals surface area contributed by atoms with Crippen molar-refractivity contribution in [2.24, 2.45) is 0 Å². The standard InChI is InChI=1S/C13H14OS/c14-13-9-5-4-6-11(13)10-15-12-7-2-1-3-8-12/h1-3,7-8,10H,4-6,9H2/b11-10-. The van der Waals surface area contributed by atoms with Gasteiger partial charge in [0.15, 0.2) is 5.78 Å². The molecule has 0 unspecified atom stereocenters. The maximum Gasteiger partial charge on any atom is 0.159 e. The van der Waals surface area contributed by atoms with Gasteiger partial charge in [0.25, 0.3) is 0 Å². The van der Waals surface area contributed by atoms with Gasteiger partial charge < -0.3 is 0 Å². The molecule has 1 aromatic carbocycles. The van der Waals surface area contributed by atoms with Crippen LogP contribution in [0.5, 0.6) is 0 Å². The lowest BCUT2D eigenvalue weighted by Crippen LogP contribution is -2.07. The minimum absolute atomic E-state index is 0.338. The molecule has 0 aromatic heterocycles. The quantitative estimate of drug-likeness (QED) is 0.554. The molecule has 0 saturated heterocycles. The van der Waals surface area contributed by atoms with Crippen molar-refractivity contribution in [1.82, 2.24) is 0 Å². The molecule has 1 saturated carbocycles. The molecule has 1 aliphatic carbocycles. The Morgan fingerprint density at radius 3 is 2.53 bits per heavy atom. The highest BCUT2D eigenvalue weighted by Gasteiger charge is 2.14. The van der Waals surface area contributed by atoms with E-state index in [1.54, 1.807) is 11.8 Å². The molecule has 2 rings (SSSR count). The number of rotatable bonds is 2. The summed E-state index contributed by atoms with van der Waals surface area (Å²) in [5, 5.41) is 2.02. The second-order valence-electron chi connectivity index (χ2n) is 3.70. The maximum atomic E-state index is 11.5. The fourth-order valence-corrected chi connectivity index (χ4v) is 2.51. The first-order valence-electron chi connectivity index (χ1n) is 5.30. The number of hydrogen-bond donors (Lipinski definition) is 0. The van der Waals surface area contributed by atoms with Gasteiger partial charge in [-0.25, -0.2) is 0 Å². The van der Waals surface area contributed by atoms with E-state index >= 15 is 0 Å². The zero-order valence-corrected chi connectivity index (χ0v) is 9.43. The number of ketones is 1. The van der Waals surface area contributed by atoms with Crippen LogP contribution in [0.1, 0.15) is 25.7 Å². The molecule has 0 amide bonds. The van der Waals surface area contributed by atoms with Crippen molar-refractivity contribution in [2.45, 2.75) is 30.6 Å². The first-order chi connectivity index (χ1) is 7.36. The fraction of sp³-hybridized carbons (Fsp3) is 0.308. The van der Waals surface area contributed by atoms with E-state index in [-0.39, 0.29) is 0 Å². The summed E-state index contributed by atoms with van der Waals surface area (Å²) in [6.45, 7) is 0. The zero-order chi connectivity index (χ0) is 10.5. The van der Waals surface area contributed by atoms with E-state index in [0.29, 0.717) is 5.78 Å². The minimum atomic E-state index is 0.338. The predicted molar refractivity (Wildman–Crippen MR) is 63.9 cm³/mol. The van der Waals surface area contributed by atoms with Gasteiger partial charge in [-0.05, 0) is 36.8 Å². The Labute approximate surface area is 94.6 Å². The molecule has 78 valence electrons. The van der Waals surface area contributed by atoms with E-state index in [4.69, 9.17) is 0 Å². The molecule has 1 fully saturated rings. The van der Waals surface area contributed by atoms with Crippen LogP contribution in [0.15, 0.2) is 46.2 Å². The molecule has 0 heterocycles. The molecule has 1 aromatic rings. The Balaban J connectivity index is 2.01. The van der Waals surface area contributed by atoms with Gasteiger partial charge in [0.1, 0.15) is 0 Å². The Morgan fingerprint density at radius 2 is 1.80 bits per heavy atom. The number of allylic oxidation sites excluding steroid dienone is 1. The molecule has 1 aliphatic rings. The Kier molecular flexibility index (Phi) is 3.62. The molecule has 0 atom stereocenters. The van der Waals surface area contributed by atoms with E-state index < -0.39 is 0 Å². The van der Waals surface area contributed by atoms with E-state index in [1.165, 1.54) is 4.90 Å². The topological polar surface area (TPSA) is 17.1 Å². The van der Waals surface area contributed by atoms with Crippen LogP contribution in [0.4, 0.5) is 0 Å². The third-order valence-electron chi connectivity index (χ3n) is 2.54. The van der Waals surface area contributed by atoms with Crippen LogP contribution in [0.25, 0.3) is 0 Å². The zero-order valence-electron chi connectivity index (χ0n) is 8.61. The molecule has 0 spiro atoms. The molecule has 1 nitrogen and oxygen atoms in total. The first-order valence-corrected chi connectivity index (χ1v) is 6.18. The lowest BCUT2D eigenvalue weighted by Gasteiger charge is -2.11. The van der Waals surface area contributed by atoms with Crippen LogP contribution in [0, 0.1) is 0 Å². The summed E-state index contributed by atoms with van der Waals surface area (Å²) in [7, 11) is 0. The van der Waals surface area contributed by atoms with Crippen LogP contribution in [0.3, 0.4) is 0 Å². The van der Waals surface area contributed by atoms with Gasteiger partial charge in [-0.15, -0.1) is 0 Å². The van der Waals surface area contributed by atoms with Crippen molar-refractivity contribution in [2.75, 3.05) is 0 Å². The van der Waals surface area contributed by atoms with Gasteiger partial charge >= 0.3 is 0 Å². The van der Waals surface area contributed by atoms with Crippen molar-refractivity contribution in [3.8, 4) is 0 Å². The Bertz CT molecular complexity index is 367. The van der Waals surface area contributed by atoms with Crippen LogP contribution in [0.2, 0.25) is 0 Å². The van der Waals surface area contributed by atoms with Crippen LogP contribution >= 0.6 is 11.8 Å². The second-order valence-corrected chi connectivity index (χ2v) is 4.65. The van der Waals surface area contributed by atoms with Gasteiger partial charge in [-0.2, -0.15) is 0 Å². The average Bonchev–Trinajstić information content (AvgIpc) is 2.29. The lowest BCUT2D eigenvalue weighted by molar-refractivity contribution is -0.116. The summed E-state index contributed by atoms with van der Waals surface area (Å²) in [4.78, 5) is 12.7. The fourth-order valence-electron chi connectivity index (χ4n) is 1.66. The number of carbonyl (C=O) groups excluding carboxylic acids is 1. The van der Waals surface area contributed by atoms with Crippen LogP contribution in [-0.2, 0) is 4.79 Å². The summed E-state index contributed by atoms with van der Waals surface area (Å²) in [5.41, 5.74) is 1.01. The average molecular weight is 218 g/mol.